The SMILES string of the molecule is CCOc1cc(N(C)CCCC(=O)O)nc(C)n1. The quantitative estimate of drug-likeness (QED) is 0.793. The highest BCUT2D eigenvalue weighted by molar-refractivity contribution is 5.66. The van der Waals surface area contributed by atoms with Gasteiger partial charge in [0.05, 0.1) is 6.61 Å². The number of anilines is 1. The van der Waals surface area contributed by atoms with Crippen LogP contribution in [0.3, 0.4) is 0 Å². The molecule has 0 saturated heterocycles. The van der Waals surface area contributed by atoms with Crippen molar-refractivity contribution in [3.63, 3.8) is 0 Å². The number of rotatable bonds is 7. The largest absolute Gasteiger partial charge is 0.481 e. The number of hydrogen-bond donors (Lipinski definition) is 1. The number of carboxylic acid groups (broad SMARTS) is 1. The number of hydrogen-bond acceptors (Lipinski definition) is 5. The van der Waals surface area contributed by atoms with Crippen molar-refractivity contribution in [1.29, 1.82) is 0 Å². The van der Waals surface area contributed by atoms with Crippen LogP contribution in [0.1, 0.15) is 25.6 Å². The van der Waals surface area contributed by atoms with Gasteiger partial charge in [-0.2, -0.15) is 4.98 Å². The molecule has 0 aliphatic heterocycles. The number of nitrogens with zero attached hydrogens (tertiary/aromatic N) is 3. The van der Waals surface area contributed by atoms with Gasteiger partial charge in [0.25, 0.3) is 0 Å². The van der Waals surface area contributed by atoms with Crippen LogP contribution in [0.2, 0.25) is 0 Å². The van der Waals surface area contributed by atoms with Crippen LogP contribution in [-0.4, -0.2) is 41.2 Å². The van der Waals surface area contributed by atoms with E-state index in [2.05, 4.69) is 9.97 Å². The molecule has 1 heterocycles. The summed E-state index contributed by atoms with van der Waals surface area (Å²) >= 11 is 0. The first-order valence-corrected chi connectivity index (χ1v) is 5.94. The van der Waals surface area contributed by atoms with E-state index in [1.807, 2.05) is 18.9 Å². The Balaban J connectivity index is 2.66. The third-order valence-corrected chi connectivity index (χ3v) is 2.37. The third kappa shape index (κ3) is 4.57. The summed E-state index contributed by atoms with van der Waals surface area (Å²) in [5, 5.41) is 8.59. The molecule has 18 heavy (non-hydrogen) atoms. The van der Waals surface area contributed by atoms with Gasteiger partial charge in [0.1, 0.15) is 11.6 Å². The van der Waals surface area contributed by atoms with E-state index in [9.17, 15) is 4.79 Å². The van der Waals surface area contributed by atoms with Crippen LogP contribution in [-0.2, 0) is 4.79 Å². The Bertz CT molecular complexity index is 410. The highest BCUT2D eigenvalue weighted by Crippen LogP contribution is 2.16. The molecule has 100 valence electrons. The molecule has 0 unspecified atom stereocenters. The Morgan fingerprint density at radius 3 is 2.83 bits per heavy atom. The highest BCUT2D eigenvalue weighted by Gasteiger charge is 2.08. The smallest absolute Gasteiger partial charge is 0.303 e. The summed E-state index contributed by atoms with van der Waals surface area (Å²) in [6.07, 6.45) is 0.742. The minimum Gasteiger partial charge on any atom is -0.481 e. The van der Waals surface area contributed by atoms with E-state index in [1.54, 1.807) is 13.0 Å². The molecule has 0 amide bonds. The Labute approximate surface area is 107 Å². The molecule has 1 N–H and O–H groups in total. The predicted molar refractivity (Wildman–Crippen MR) is 68.1 cm³/mol. The number of aliphatic carboxylic acids is 1. The first-order chi connectivity index (χ1) is 8.52. The van der Waals surface area contributed by atoms with Crippen molar-refractivity contribution in [2.24, 2.45) is 0 Å². The highest BCUT2D eigenvalue weighted by atomic mass is 16.5. The number of carboxylic acids is 1. The van der Waals surface area contributed by atoms with Gasteiger partial charge in [-0.05, 0) is 20.3 Å². The molecule has 0 aliphatic rings. The summed E-state index contributed by atoms with van der Waals surface area (Å²) in [6, 6.07) is 1.76. The fraction of sp³-hybridized carbons (Fsp3) is 0.583. The van der Waals surface area contributed by atoms with Crippen LogP contribution in [0.15, 0.2) is 6.07 Å². The molecule has 0 aliphatic carbocycles. The number of ether oxygens (including phenoxy) is 1. The molecule has 0 saturated carbocycles. The van der Waals surface area contributed by atoms with Gasteiger partial charge in [0, 0.05) is 26.1 Å². The monoisotopic (exact) mass is 253 g/mol. The van der Waals surface area contributed by atoms with Gasteiger partial charge in [0.2, 0.25) is 5.88 Å². The van der Waals surface area contributed by atoms with Crippen molar-refractivity contribution in [1.82, 2.24) is 9.97 Å². The number of aromatic nitrogens is 2. The lowest BCUT2D eigenvalue weighted by molar-refractivity contribution is -0.137. The Hall–Kier alpha value is -1.85. The molecule has 0 atom stereocenters. The summed E-state index contributed by atoms with van der Waals surface area (Å²) in [6.45, 7) is 4.89. The van der Waals surface area contributed by atoms with E-state index in [1.165, 1.54) is 0 Å². The Morgan fingerprint density at radius 2 is 2.22 bits per heavy atom. The maximum Gasteiger partial charge on any atom is 0.303 e. The van der Waals surface area contributed by atoms with Crippen molar-refractivity contribution in [3.05, 3.63) is 11.9 Å². The second-order valence-corrected chi connectivity index (χ2v) is 3.96. The third-order valence-electron chi connectivity index (χ3n) is 2.37. The van der Waals surface area contributed by atoms with Gasteiger partial charge in [-0.1, -0.05) is 0 Å². The normalized spacial score (nSPS) is 10.2. The molecule has 1 aromatic heterocycles. The summed E-state index contributed by atoms with van der Waals surface area (Å²) in [5.74, 6) is 1.15. The zero-order valence-corrected chi connectivity index (χ0v) is 11.0. The maximum absolute atomic E-state index is 10.4. The van der Waals surface area contributed by atoms with Crippen LogP contribution < -0.4 is 9.64 Å². The first-order valence-electron chi connectivity index (χ1n) is 5.94. The summed E-state index contributed by atoms with van der Waals surface area (Å²) < 4.78 is 5.35. The van der Waals surface area contributed by atoms with Gasteiger partial charge in [-0.3, -0.25) is 4.79 Å². The van der Waals surface area contributed by atoms with Gasteiger partial charge < -0.3 is 14.7 Å². The van der Waals surface area contributed by atoms with E-state index < -0.39 is 5.97 Å². The second-order valence-electron chi connectivity index (χ2n) is 3.96. The van der Waals surface area contributed by atoms with Crippen LogP contribution in [0, 0.1) is 6.92 Å². The van der Waals surface area contributed by atoms with Gasteiger partial charge in [0.15, 0.2) is 0 Å². The van der Waals surface area contributed by atoms with E-state index >= 15 is 0 Å². The van der Waals surface area contributed by atoms with Gasteiger partial charge in [-0.15, -0.1) is 0 Å². The molecule has 6 heteroatoms. The lowest BCUT2D eigenvalue weighted by Crippen LogP contribution is -2.21. The van der Waals surface area contributed by atoms with Crippen molar-refractivity contribution in [2.45, 2.75) is 26.7 Å². The molecule has 0 radical (unpaired) electrons. The fourth-order valence-corrected chi connectivity index (χ4v) is 1.52. The molecule has 1 aromatic rings. The lowest BCUT2D eigenvalue weighted by atomic mass is 10.3. The van der Waals surface area contributed by atoms with E-state index in [0.717, 1.165) is 5.82 Å². The molecule has 0 aromatic carbocycles. The Kier molecular flexibility index (Phi) is 5.35. The van der Waals surface area contributed by atoms with Gasteiger partial charge >= 0.3 is 5.97 Å². The predicted octanol–water partition coefficient (Wildman–Crippen LogP) is 1.48. The zero-order chi connectivity index (χ0) is 13.5. The van der Waals surface area contributed by atoms with E-state index in [0.29, 0.717) is 31.3 Å². The number of carbonyl (C=O) groups is 1. The average Bonchev–Trinajstić information content (AvgIpc) is 2.28. The van der Waals surface area contributed by atoms with Gasteiger partial charge in [-0.25, -0.2) is 4.98 Å². The maximum atomic E-state index is 10.4. The van der Waals surface area contributed by atoms with E-state index in [4.69, 9.17) is 9.84 Å². The molecule has 0 spiro atoms. The number of aryl methyl sites for hydroxylation is 1. The summed E-state index contributed by atoms with van der Waals surface area (Å²) in [5.41, 5.74) is 0. The van der Waals surface area contributed by atoms with Crippen molar-refractivity contribution in [3.8, 4) is 5.88 Å². The Morgan fingerprint density at radius 1 is 1.50 bits per heavy atom. The summed E-state index contributed by atoms with van der Waals surface area (Å²) in [7, 11) is 1.87. The standard InChI is InChI=1S/C12H19N3O3/c1-4-18-11-8-10(13-9(2)14-11)15(3)7-5-6-12(16)17/h8H,4-7H2,1-3H3,(H,16,17). The topological polar surface area (TPSA) is 75.5 Å². The molecular weight excluding hydrogens is 234 g/mol. The fourth-order valence-electron chi connectivity index (χ4n) is 1.52. The minimum absolute atomic E-state index is 0.159. The van der Waals surface area contributed by atoms with E-state index in [-0.39, 0.29) is 6.42 Å². The van der Waals surface area contributed by atoms with Crippen LogP contribution >= 0.6 is 0 Å². The summed E-state index contributed by atoms with van der Waals surface area (Å²) in [4.78, 5) is 20.8. The van der Waals surface area contributed by atoms with Crippen LogP contribution in [0.5, 0.6) is 5.88 Å². The lowest BCUT2D eigenvalue weighted by Gasteiger charge is -2.18. The molecule has 6 nitrogen and oxygen atoms in total. The molecule has 0 bridgehead atoms. The molecule has 1 rings (SSSR count). The molecular formula is C12H19N3O3. The van der Waals surface area contributed by atoms with Crippen LogP contribution in [0.25, 0.3) is 0 Å². The first kappa shape index (κ1) is 14.2. The minimum atomic E-state index is -0.780. The van der Waals surface area contributed by atoms with Crippen molar-refractivity contribution in [2.75, 3.05) is 25.1 Å². The zero-order valence-electron chi connectivity index (χ0n) is 11.0. The second kappa shape index (κ2) is 6.78. The van der Waals surface area contributed by atoms with Crippen molar-refractivity contribution < 1.29 is 14.6 Å². The van der Waals surface area contributed by atoms with Crippen LogP contribution in [0.4, 0.5) is 5.82 Å². The van der Waals surface area contributed by atoms with Crippen molar-refractivity contribution >= 4 is 11.8 Å². The molecule has 0 fully saturated rings. The average molecular weight is 253 g/mol.